The minimum Gasteiger partial charge on any atom is -0.481 e. The maximum Gasteiger partial charge on any atom is 0.303 e. The summed E-state index contributed by atoms with van der Waals surface area (Å²) < 4.78 is 0. The molecule has 0 aromatic heterocycles. The van der Waals surface area contributed by atoms with E-state index in [9.17, 15) is 9.59 Å². The Hall–Kier alpha value is -0.290. The number of hydrogen-bond acceptors (Lipinski definition) is 2. The zero-order valence-corrected chi connectivity index (χ0v) is 10.1. The van der Waals surface area contributed by atoms with E-state index in [1.165, 1.54) is 0 Å². The number of alkyl halides is 2. The van der Waals surface area contributed by atoms with Crippen LogP contribution in [0.5, 0.6) is 0 Å². The van der Waals surface area contributed by atoms with Crippen molar-refractivity contribution in [3.63, 3.8) is 0 Å². The fourth-order valence-electron chi connectivity index (χ4n) is 0.436. The van der Waals surface area contributed by atoms with Crippen LogP contribution in [-0.4, -0.2) is 33.4 Å². The van der Waals surface area contributed by atoms with E-state index in [2.05, 4.69) is 15.9 Å². The van der Waals surface area contributed by atoms with Crippen LogP contribution in [0.25, 0.3) is 0 Å². The van der Waals surface area contributed by atoms with Gasteiger partial charge in [-0.1, -0.05) is 15.9 Å². The maximum atomic E-state index is 9.74. The van der Waals surface area contributed by atoms with Gasteiger partial charge < -0.3 is 10.2 Å². The summed E-state index contributed by atoms with van der Waals surface area (Å²) >= 11 is 8.30. The van der Waals surface area contributed by atoms with Crippen molar-refractivity contribution in [2.45, 2.75) is 25.7 Å². The molecule has 0 heterocycles. The van der Waals surface area contributed by atoms with Gasteiger partial charge in [-0.25, -0.2) is 0 Å². The van der Waals surface area contributed by atoms with Crippen molar-refractivity contribution in [3.8, 4) is 0 Å². The van der Waals surface area contributed by atoms with Gasteiger partial charge in [0.05, 0.1) is 0 Å². The quantitative estimate of drug-likeness (QED) is 0.736. The molecule has 84 valence electrons. The van der Waals surface area contributed by atoms with Crippen LogP contribution >= 0.6 is 27.5 Å². The lowest BCUT2D eigenvalue weighted by Gasteiger charge is -1.84. The van der Waals surface area contributed by atoms with Crippen LogP contribution in [0.3, 0.4) is 0 Å². The largest absolute Gasteiger partial charge is 0.481 e. The van der Waals surface area contributed by atoms with Gasteiger partial charge in [0, 0.05) is 24.1 Å². The molecule has 0 saturated carbocycles. The molecule has 0 rings (SSSR count). The highest BCUT2D eigenvalue weighted by Gasteiger charge is 1.92. The summed E-state index contributed by atoms with van der Waals surface area (Å²) in [7, 11) is 0. The third-order valence-corrected chi connectivity index (χ3v) is 1.88. The minimum atomic E-state index is -0.777. The second-order valence-corrected chi connectivity index (χ2v) is 3.54. The van der Waals surface area contributed by atoms with Gasteiger partial charge in [0.15, 0.2) is 0 Å². The highest BCUT2D eigenvalue weighted by molar-refractivity contribution is 9.09. The SMILES string of the molecule is O=C(O)CCCBr.O=C(O)CCCCl. The summed E-state index contributed by atoms with van der Waals surface area (Å²) in [5.74, 6) is -1.06. The Morgan fingerprint density at radius 1 is 1.07 bits per heavy atom. The first-order valence-electron chi connectivity index (χ1n) is 4.10. The van der Waals surface area contributed by atoms with Gasteiger partial charge in [0.1, 0.15) is 0 Å². The van der Waals surface area contributed by atoms with Crippen molar-refractivity contribution in [2.24, 2.45) is 0 Å². The lowest BCUT2D eigenvalue weighted by Crippen LogP contribution is -1.93. The second-order valence-electron chi connectivity index (χ2n) is 2.37. The van der Waals surface area contributed by atoms with Crippen LogP contribution in [0.4, 0.5) is 0 Å². The lowest BCUT2D eigenvalue weighted by atomic mass is 10.3. The third kappa shape index (κ3) is 22.6. The van der Waals surface area contributed by atoms with Gasteiger partial charge in [-0.2, -0.15) is 0 Å². The highest BCUT2D eigenvalue weighted by Crippen LogP contribution is 1.91. The monoisotopic (exact) mass is 288 g/mol. The van der Waals surface area contributed by atoms with E-state index in [0.29, 0.717) is 12.3 Å². The molecule has 6 heteroatoms. The molecular weight excluding hydrogens is 275 g/mol. The van der Waals surface area contributed by atoms with Gasteiger partial charge in [-0.05, 0) is 12.8 Å². The van der Waals surface area contributed by atoms with Crippen LogP contribution in [0.1, 0.15) is 25.7 Å². The van der Waals surface area contributed by atoms with Crippen molar-refractivity contribution >= 4 is 39.5 Å². The second kappa shape index (κ2) is 12.7. The van der Waals surface area contributed by atoms with E-state index >= 15 is 0 Å². The summed E-state index contributed by atoms with van der Waals surface area (Å²) in [5, 5.41) is 16.8. The van der Waals surface area contributed by atoms with E-state index in [-0.39, 0.29) is 12.8 Å². The fourth-order valence-corrected chi connectivity index (χ4v) is 0.850. The summed E-state index contributed by atoms with van der Waals surface area (Å²) in [6, 6.07) is 0. The average molecular weight is 290 g/mol. The number of carboxylic acid groups (broad SMARTS) is 2. The molecule has 0 aliphatic carbocycles. The standard InChI is InChI=1S/C4H7BrO2.C4H7ClO2/c2*5-3-1-2-4(6)7/h2*1-3H2,(H,6,7). The Morgan fingerprint density at radius 2 is 1.50 bits per heavy atom. The number of aliphatic carboxylic acids is 2. The zero-order valence-electron chi connectivity index (χ0n) is 7.71. The molecule has 0 aromatic rings. The lowest BCUT2D eigenvalue weighted by molar-refractivity contribution is -0.138. The van der Waals surface area contributed by atoms with Gasteiger partial charge in [-0.3, -0.25) is 9.59 Å². The maximum absolute atomic E-state index is 9.74. The van der Waals surface area contributed by atoms with Gasteiger partial charge in [0.25, 0.3) is 0 Å². The molecule has 0 spiro atoms. The van der Waals surface area contributed by atoms with Crippen molar-refractivity contribution in [2.75, 3.05) is 11.2 Å². The molecule has 14 heavy (non-hydrogen) atoms. The number of halogens is 2. The fraction of sp³-hybridized carbons (Fsp3) is 0.750. The summed E-state index contributed by atoms with van der Waals surface area (Å²) in [5.41, 5.74) is 0. The number of carboxylic acids is 2. The smallest absolute Gasteiger partial charge is 0.303 e. The van der Waals surface area contributed by atoms with E-state index in [1.807, 2.05) is 0 Å². The van der Waals surface area contributed by atoms with Crippen molar-refractivity contribution in [1.29, 1.82) is 0 Å². The molecule has 2 N–H and O–H groups in total. The van der Waals surface area contributed by atoms with Gasteiger partial charge in [0.2, 0.25) is 0 Å². The normalized spacial score (nSPS) is 8.71. The highest BCUT2D eigenvalue weighted by atomic mass is 79.9. The first kappa shape index (κ1) is 16.2. The molecule has 0 aromatic carbocycles. The van der Waals surface area contributed by atoms with Crippen LogP contribution in [0, 0.1) is 0 Å². The van der Waals surface area contributed by atoms with Crippen LogP contribution in [0.2, 0.25) is 0 Å². The predicted molar refractivity (Wildman–Crippen MR) is 58.3 cm³/mol. The molecule has 0 saturated heterocycles. The number of carbonyl (C=O) groups is 2. The summed E-state index contributed by atoms with van der Waals surface area (Å²) in [4.78, 5) is 19.4. The third-order valence-electron chi connectivity index (χ3n) is 1.05. The number of hydrogen-bond donors (Lipinski definition) is 2. The van der Waals surface area contributed by atoms with Crippen molar-refractivity contribution in [1.82, 2.24) is 0 Å². The molecule has 0 bridgehead atoms. The minimum absolute atomic E-state index is 0.184. The van der Waals surface area contributed by atoms with E-state index < -0.39 is 11.9 Å². The average Bonchev–Trinajstić information content (AvgIpc) is 2.12. The van der Waals surface area contributed by atoms with Crippen molar-refractivity contribution in [3.05, 3.63) is 0 Å². The van der Waals surface area contributed by atoms with Gasteiger partial charge >= 0.3 is 11.9 Å². The number of rotatable bonds is 6. The molecule has 0 fully saturated rings. The Kier molecular flexibility index (Phi) is 14.7. The summed E-state index contributed by atoms with van der Waals surface area (Å²) in [6.45, 7) is 0. The molecule has 0 aliphatic rings. The van der Waals surface area contributed by atoms with Gasteiger partial charge in [-0.15, -0.1) is 11.6 Å². The van der Waals surface area contributed by atoms with Crippen molar-refractivity contribution < 1.29 is 19.8 Å². The zero-order chi connectivity index (χ0) is 11.4. The van der Waals surface area contributed by atoms with E-state index in [1.54, 1.807) is 0 Å². The molecule has 0 atom stereocenters. The molecule has 0 unspecified atom stereocenters. The van der Waals surface area contributed by atoms with E-state index in [4.69, 9.17) is 21.8 Å². The molecular formula is C8H14BrClO4. The topological polar surface area (TPSA) is 74.6 Å². The Labute approximate surface area is 96.4 Å². The Morgan fingerprint density at radius 3 is 1.64 bits per heavy atom. The first-order valence-corrected chi connectivity index (χ1v) is 5.75. The van der Waals surface area contributed by atoms with E-state index in [0.717, 1.165) is 11.8 Å². The molecule has 4 nitrogen and oxygen atoms in total. The molecule has 0 aliphatic heterocycles. The molecule has 0 amide bonds. The van der Waals surface area contributed by atoms with Crippen LogP contribution in [0.15, 0.2) is 0 Å². The first-order chi connectivity index (χ1) is 6.54. The Balaban J connectivity index is 0. The summed E-state index contributed by atoms with van der Waals surface area (Å²) in [6.07, 6.45) is 1.74. The predicted octanol–water partition coefficient (Wildman–Crippen LogP) is 2.34. The van der Waals surface area contributed by atoms with Crippen LogP contribution in [-0.2, 0) is 9.59 Å². The molecule has 0 radical (unpaired) electrons. The Bertz CT molecular complexity index is 145. The van der Waals surface area contributed by atoms with Crippen LogP contribution < -0.4 is 0 Å².